The molecule has 0 heterocycles. The van der Waals surface area contributed by atoms with Crippen LogP contribution in [0.2, 0.25) is 0 Å². The summed E-state index contributed by atoms with van der Waals surface area (Å²) in [5.41, 5.74) is -3.17. The van der Waals surface area contributed by atoms with Gasteiger partial charge in [-0.3, -0.25) is 9.59 Å². The van der Waals surface area contributed by atoms with Gasteiger partial charge in [0.1, 0.15) is 0 Å². The van der Waals surface area contributed by atoms with E-state index in [1.807, 2.05) is 0 Å². The van der Waals surface area contributed by atoms with E-state index >= 15 is 0 Å². The zero-order valence-corrected chi connectivity index (χ0v) is 11.5. The molecule has 0 bridgehead atoms. The molecule has 0 atom stereocenters. The topological polar surface area (TPSA) is 34.1 Å². The number of fused-ring (bicyclic) bond motifs is 3. The molecular formula is C16H6F6O2. The molecule has 8 heteroatoms. The average Bonchev–Trinajstić information content (AvgIpc) is 2.49. The van der Waals surface area contributed by atoms with E-state index in [9.17, 15) is 35.9 Å². The van der Waals surface area contributed by atoms with Crippen LogP contribution in [-0.2, 0) is 12.4 Å². The fourth-order valence-corrected chi connectivity index (χ4v) is 2.53. The van der Waals surface area contributed by atoms with E-state index in [1.165, 1.54) is 0 Å². The fourth-order valence-electron chi connectivity index (χ4n) is 2.53. The monoisotopic (exact) mass is 344 g/mol. The molecule has 0 amide bonds. The van der Waals surface area contributed by atoms with E-state index in [1.54, 1.807) is 0 Å². The highest BCUT2D eigenvalue weighted by atomic mass is 19.4. The third-order valence-electron chi connectivity index (χ3n) is 3.68. The van der Waals surface area contributed by atoms with E-state index in [4.69, 9.17) is 0 Å². The lowest BCUT2D eigenvalue weighted by molar-refractivity contribution is -0.138. The van der Waals surface area contributed by atoms with Gasteiger partial charge >= 0.3 is 12.4 Å². The maximum absolute atomic E-state index is 12.7. The molecule has 1 aliphatic rings. The highest BCUT2D eigenvalue weighted by molar-refractivity contribution is 6.53. The lowest BCUT2D eigenvalue weighted by Gasteiger charge is -2.20. The zero-order valence-electron chi connectivity index (χ0n) is 11.5. The molecule has 0 unspecified atom stereocenters. The number of alkyl halides is 6. The normalized spacial score (nSPS) is 14.4. The number of halogens is 6. The van der Waals surface area contributed by atoms with Gasteiger partial charge in [-0.05, 0) is 35.4 Å². The quantitative estimate of drug-likeness (QED) is 0.510. The molecule has 0 N–H and O–H groups in total. The van der Waals surface area contributed by atoms with E-state index in [-0.39, 0.29) is 11.1 Å². The Labute approximate surface area is 130 Å². The van der Waals surface area contributed by atoms with E-state index in [0.717, 1.165) is 12.1 Å². The maximum atomic E-state index is 12.7. The highest BCUT2D eigenvalue weighted by Gasteiger charge is 2.38. The Balaban J connectivity index is 2.24. The van der Waals surface area contributed by atoms with Gasteiger partial charge in [0.15, 0.2) is 0 Å². The van der Waals surface area contributed by atoms with Gasteiger partial charge in [0, 0.05) is 11.1 Å². The summed E-state index contributed by atoms with van der Waals surface area (Å²) in [6.07, 6.45) is -9.42. The second-order valence-electron chi connectivity index (χ2n) is 5.17. The maximum Gasteiger partial charge on any atom is 0.416 e. The molecule has 2 nitrogen and oxygen atoms in total. The van der Waals surface area contributed by atoms with Crippen LogP contribution in [0.15, 0.2) is 36.4 Å². The molecular weight excluding hydrogens is 338 g/mol. The molecule has 124 valence electrons. The minimum absolute atomic E-state index is 0.00340. The van der Waals surface area contributed by atoms with Crippen molar-refractivity contribution in [2.75, 3.05) is 0 Å². The SMILES string of the molecule is O=C1C(=O)c2cc(C(F)(F)F)ccc2-c2ccc(C(F)(F)F)cc21. The molecule has 2 aromatic carbocycles. The molecule has 0 spiro atoms. The Morgan fingerprint density at radius 3 is 1.17 bits per heavy atom. The summed E-state index contributed by atoms with van der Waals surface area (Å²) in [5, 5.41) is 0. The first-order valence-electron chi connectivity index (χ1n) is 6.52. The van der Waals surface area contributed by atoms with Gasteiger partial charge in [0.05, 0.1) is 11.1 Å². The van der Waals surface area contributed by atoms with Crippen molar-refractivity contribution in [3.05, 3.63) is 58.7 Å². The first-order valence-corrected chi connectivity index (χ1v) is 6.52. The van der Waals surface area contributed by atoms with Crippen molar-refractivity contribution in [2.45, 2.75) is 12.4 Å². The molecule has 24 heavy (non-hydrogen) atoms. The van der Waals surface area contributed by atoms with Gasteiger partial charge in [-0.15, -0.1) is 0 Å². The van der Waals surface area contributed by atoms with Crippen LogP contribution in [-0.4, -0.2) is 11.6 Å². The number of ketones is 2. The van der Waals surface area contributed by atoms with Crippen LogP contribution in [0, 0.1) is 0 Å². The molecule has 0 aromatic heterocycles. The van der Waals surface area contributed by atoms with Crippen molar-refractivity contribution in [3.8, 4) is 11.1 Å². The smallest absolute Gasteiger partial charge is 0.285 e. The summed E-state index contributed by atoms with van der Waals surface area (Å²) in [7, 11) is 0. The van der Waals surface area contributed by atoms with Crippen molar-refractivity contribution < 1.29 is 35.9 Å². The Morgan fingerprint density at radius 1 is 0.542 bits per heavy atom. The van der Waals surface area contributed by atoms with Gasteiger partial charge in [-0.2, -0.15) is 26.3 Å². The molecule has 0 aliphatic heterocycles. The van der Waals surface area contributed by atoms with Gasteiger partial charge in [0.2, 0.25) is 11.6 Å². The Bertz CT molecular complexity index is 804. The Kier molecular flexibility index (Phi) is 3.33. The van der Waals surface area contributed by atoms with Crippen LogP contribution in [0.1, 0.15) is 31.8 Å². The molecule has 2 aromatic rings. The van der Waals surface area contributed by atoms with Crippen molar-refractivity contribution in [1.82, 2.24) is 0 Å². The van der Waals surface area contributed by atoms with Gasteiger partial charge < -0.3 is 0 Å². The standard InChI is InChI=1S/C16H6F6O2/c17-15(18,19)7-1-3-9-10-4-2-8(16(20,21)22)6-12(10)14(24)13(23)11(9)5-7/h1-6H. The minimum atomic E-state index is -4.71. The predicted molar refractivity (Wildman–Crippen MR) is 70.5 cm³/mol. The zero-order chi connectivity index (χ0) is 17.9. The van der Waals surface area contributed by atoms with Crippen LogP contribution in [0.25, 0.3) is 11.1 Å². The summed E-state index contributed by atoms with van der Waals surface area (Å²) < 4.78 is 76.4. The molecule has 3 rings (SSSR count). The van der Waals surface area contributed by atoms with Crippen molar-refractivity contribution in [3.63, 3.8) is 0 Å². The lowest BCUT2D eigenvalue weighted by atomic mass is 9.82. The van der Waals surface area contributed by atoms with Crippen LogP contribution in [0.4, 0.5) is 26.3 Å². The van der Waals surface area contributed by atoms with Crippen molar-refractivity contribution >= 4 is 11.6 Å². The number of hydrogen-bond acceptors (Lipinski definition) is 2. The van der Waals surface area contributed by atoms with E-state index < -0.39 is 46.2 Å². The lowest BCUT2D eigenvalue weighted by Crippen LogP contribution is -2.23. The second-order valence-corrected chi connectivity index (χ2v) is 5.17. The third kappa shape index (κ3) is 2.47. The van der Waals surface area contributed by atoms with Crippen molar-refractivity contribution in [1.29, 1.82) is 0 Å². The second kappa shape index (κ2) is 4.93. The molecule has 0 saturated carbocycles. The number of rotatable bonds is 0. The first kappa shape index (κ1) is 16.2. The number of carbonyl (C=O) groups is 2. The highest BCUT2D eigenvalue weighted by Crippen LogP contribution is 2.40. The number of carbonyl (C=O) groups excluding carboxylic acids is 2. The Morgan fingerprint density at radius 2 is 0.875 bits per heavy atom. The van der Waals surface area contributed by atoms with E-state index in [0.29, 0.717) is 24.3 Å². The Hall–Kier alpha value is -2.64. The van der Waals surface area contributed by atoms with Crippen LogP contribution in [0.3, 0.4) is 0 Å². The molecule has 0 saturated heterocycles. The number of Topliss-reactive ketones (excluding diaryl/α,β-unsaturated/α-hetero) is 2. The molecule has 0 fully saturated rings. The molecule has 1 aliphatic carbocycles. The van der Waals surface area contributed by atoms with Gasteiger partial charge in [-0.25, -0.2) is 0 Å². The summed E-state index contributed by atoms with van der Waals surface area (Å²) in [6.45, 7) is 0. The third-order valence-corrected chi connectivity index (χ3v) is 3.68. The van der Waals surface area contributed by atoms with Crippen LogP contribution in [0.5, 0.6) is 0 Å². The number of hydrogen-bond donors (Lipinski definition) is 0. The largest absolute Gasteiger partial charge is 0.416 e. The summed E-state index contributed by atoms with van der Waals surface area (Å²) in [6, 6.07) is 4.46. The van der Waals surface area contributed by atoms with Crippen molar-refractivity contribution in [2.24, 2.45) is 0 Å². The predicted octanol–water partition coefficient (Wildman–Crippen LogP) is 4.77. The van der Waals surface area contributed by atoms with Crippen LogP contribution >= 0.6 is 0 Å². The average molecular weight is 344 g/mol. The van der Waals surface area contributed by atoms with Crippen LogP contribution < -0.4 is 0 Å². The van der Waals surface area contributed by atoms with E-state index in [2.05, 4.69) is 0 Å². The summed E-state index contributed by atoms with van der Waals surface area (Å²) in [5.74, 6) is -2.52. The number of benzene rings is 2. The van der Waals surface area contributed by atoms with Gasteiger partial charge in [0.25, 0.3) is 0 Å². The fraction of sp³-hybridized carbons (Fsp3) is 0.125. The van der Waals surface area contributed by atoms with Gasteiger partial charge in [-0.1, -0.05) is 12.1 Å². The molecule has 0 radical (unpaired) electrons. The summed E-state index contributed by atoms with van der Waals surface area (Å²) in [4.78, 5) is 24.0. The minimum Gasteiger partial charge on any atom is -0.285 e. The first-order chi connectivity index (χ1) is 11.0. The summed E-state index contributed by atoms with van der Waals surface area (Å²) >= 11 is 0.